The lowest BCUT2D eigenvalue weighted by Crippen LogP contribution is -1.76. The van der Waals surface area contributed by atoms with Crippen LogP contribution in [0, 0.1) is 0 Å². The molecule has 4 heterocycles. The van der Waals surface area contributed by atoms with Crippen molar-refractivity contribution in [3.8, 4) is 0 Å². The molecule has 0 fully saturated rings. The number of rotatable bonds is 0. The summed E-state index contributed by atoms with van der Waals surface area (Å²) in [6.45, 7) is 0. The highest BCUT2D eigenvalue weighted by Gasteiger charge is 1.87. The van der Waals surface area contributed by atoms with Crippen LogP contribution in [0.3, 0.4) is 0 Å². The van der Waals surface area contributed by atoms with Gasteiger partial charge in [0.2, 0.25) is 0 Å². The standard InChI is InChI=1S/C8H6N2.C7H6N2/c1-2-7-3-5-9-6-8(7)10-4-1;1-2-4-9-6-8-5-7(9)3-1/h1-6H;1-6H. The highest BCUT2D eigenvalue weighted by atomic mass is 15.0. The van der Waals surface area contributed by atoms with Gasteiger partial charge in [0.1, 0.15) is 0 Å². The molecule has 4 heteroatoms. The molecule has 4 rings (SSSR count). The second-order valence-corrected chi connectivity index (χ2v) is 4.00. The van der Waals surface area contributed by atoms with Crippen molar-refractivity contribution < 1.29 is 0 Å². The zero-order valence-electron chi connectivity index (χ0n) is 10.2. The van der Waals surface area contributed by atoms with Crippen molar-refractivity contribution in [2.24, 2.45) is 0 Å². The number of hydrogen-bond donors (Lipinski definition) is 0. The fourth-order valence-electron chi connectivity index (χ4n) is 1.78. The van der Waals surface area contributed by atoms with Gasteiger partial charge in [0, 0.05) is 24.0 Å². The topological polar surface area (TPSA) is 43.1 Å². The first kappa shape index (κ1) is 11.3. The van der Waals surface area contributed by atoms with Crippen LogP contribution in [0.4, 0.5) is 0 Å². The summed E-state index contributed by atoms with van der Waals surface area (Å²) >= 11 is 0. The van der Waals surface area contributed by atoms with E-state index >= 15 is 0 Å². The molecule has 92 valence electrons. The van der Waals surface area contributed by atoms with Crippen LogP contribution in [-0.2, 0) is 0 Å². The summed E-state index contributed by atoms with van der Waals surface area (Å²) < 4.78 is 1.97. The second kappa shape index (κ2) is 5.27. The molecule has 0 saturated heterocycles. The summed E-state index contributed by atoms with van der Waals surface area (Å²) in [5, 5.41) is 1.14. The Bertz CT molecular complexity index is 696. The molecule has 0 unspecified atom stereocenters. The number of imidazole rings is 1. The van der Waals surface area contributed by atoms with Crippen LogP contribution in [-0.4, -0.2) is 19.4 Å². The van der Waals surface area contributed by atoms with Gasteiger partial charge in [-0.25, -0.2) is 4.98 Å². The summed E-state index contributed by atoms with van der Waals surface area (Å²) in [7, 11) is 0. The molecule has 0 bridgehead atoms. The number of fused-ring (bicyclic) bond motifs is 2. The molecule has 0 spiro atoms. The van der Waals surface area contributed by atoms with E-state index < -0.39 is 0 Å². The second-order valence-electron chi connectivity index (χ2n) is 4.00. The molecule has 0 aliphatic carbocycles. The third kappa shape index (κ3) is 2.57. The van der Waals surface area contributed by atoms with E-state index in [1.54, 1.807) is 24.9 Å². The highest BCUT2D eigenvalue weighted by Crippen LogP contribution is 2.06. The minimum Gasteiger partial charge on any atom is -0.306 e. The molecule has 0 aromatic carbocycles. The lowest BCUT2D eigenvalue weighted by Gasteiger charge is -1.90. The molecular weight excluding hydrogens is 236 g/mol. The largest absolute Gasteiger partial charge is 0.306 e. The van der Waals surface area contributed by atoms with Crippen molar-refractivity contribution in [2.45, 2.75) is 0 Å². The molecule has 0 atom stereocenters. The number of hydrogen-bond acceptors (Lipinski definition) is 3. The molecule has 0 aliphatic heterocycles. The predicted octanol–water partition coefficient (Wildman–Crippen LogP) is 2.96. The average molecular weight is 248 g/mol. The van der Waals surface area contributed by atoms with Gasteiger partial charge in [-0.15, -0.1) is 0 Å². The number of pyridine rings is 3. The molecule has 0 N–H and O–H groups in total. The van der Waals surface area contributed by atoms with E-state index in [0.29, 0.717) is 0 Å². The summed E-state index contributed by atoms with van der Waals surface area (Å²) in [4.78, 5) is 12.0. The van der Waals surface area contributed by atoms with Crippen LogP contribution < -0.4 is 0 Å². The zero-order valence-corrected chi connectivity index (χ0v) is 10.2. The third-order valence-corrected chi connectivity index (χ3v) is 2.73. The quantitative estimate of drug-likeness (QED) is 0.480. The number of aromatic nitrogens is 4. The summed E-state index contributed by atoms with van der Waals surface area (Å²) in [6, 6.07) is 11.9. The van der Waals surface area contributed by atoms with Crippen LogP contribution in [0.2, 0.25) is 0 Å². The van der Waals surface area contributed by atoms with Crippen molar-refractivity contribution in [1.29, 1.82) is 0 Å². The first-order valence-corrected chi connectivity index (χ1v) is 5.95. The minimum atomic E-state index is 0.949. The minimum absolute atomic E-state index is 0.949. The van der Waals surface area contributed by atoms with Crippen LogP contribution in [0.1, 0.15) is 0 Å². The molecule has 19 heavy (non-hydrogen) atoms. The smallest absolute Gasteiger partial charge is 0.0991 e. The van der Waals surface area contributed by atoms with Gasteiger partial charge in [-0.3, -0.25) is 9.97 Å². The first-order chi connectivity index (χ1) is 9.43. The van der Waals surface area contributed by atoms with Crippen molar-refractivity contribution in [3.63, 3.8) is 0 Å². The zero-order chi connectivity index (χ0) is 12.9. The van der Waals surface area contributed by atoms with E-state index in [4.69, 9.17) is 0 Å². The van der Waals surface area contributed by atoms with E-state index in [-0.39, 0.29) is 0 Å². The molecule has 0 saturated carbocycles. The Labute approximate surface area is 110 Å². The van der Waals surface area contributed by atoms with Crippen molar-refractivity contribution in [2.75, 3.05) is 0 Å². The summed E-state index contributed by atoms with van der Waals surface area (Å²) in [5.74, 6) is 0. The Morgan fingerprint density at radius 2 is 1.84 bits per heavy atom. The SMILES string of the molecule is c1ccn2cncc2c1.c1cnc2cnccc2c1. The summed E-state index contributed by atoms with van der Waals surface area (Å²) in [5.41, 5.74) is 2.09. The Balaban J connectivity index is 0.000000117. The van der Waals surface area contributed by atoms with Crippen molar-refractivity contribution in [1.82, 2.24) is 19.4 Å². The van der Waals surface area contributed by atoms with E-state index in [1.165, 1.54) is 0 Å². The van der Waals surface area contributed by atoms with E-state index in [9.17, 15) is 0 Å². The lowest BCUT2D eigenvalue weighted by atomic mass is 10.3. The van der Waals surface area contributed by atoms with Gasteiger partial charge in [-0.05, 0) is 24.3 Å². The Morgan fingerprint density at radius 3 is 2.74 bits per heavy atom. The van der Waals surface area contributed by atoms with Crippen LogP contribution in [0.15, 0.2) is 73.7 Å². The Hall–Kier alpha value is -2.75. The Morgan fingerprint density at radius 1 is 0.842 bits per heavy atom. The van der Waals surface area contributed by atoms with Gasteiger partial charge >= 0.3 is 0 Å². The highest BCUT2D eigenvalue weighted by molar-refractivity contribution is 5.76. The van der Waals surface area contributed by atoms with Crippen molar-refractivity contribution >= 4 is 16.4 Å². The average Bonchev–Trinajstić information content (AvgIpc) is 2.96. The molecule has 4 aromatic heterocycles. The molecule has 0 aliphatic rings. The van der Waals surface area contributed by atoms with Crippen LogP contribution in [0.25, 0.3) is 16.4 Å². The maximum absolute atomic E-state index is 4.12. The van der Waals surface area contributed by atoms with Gasteiger partial charge < -0.3 is 4.40 Å². The number of nitrogens with zero attached hydrogens (tertiary/aromatic N) is 4. The van der Waals surface area contributed by atoms with Crippen LogP contribution >= 0.6 is 0 Å². The van der Waals surface area contributed by atoms with Crippen molar-refractivity contribution in [3.05, 3.63) is 73.7 Å². The molecule has 4 aromatic rings. The predicted molar refractivity (Wildman–Crippen MR) is 74.7 cm³/mol. The summed E-state index contributed by atoms with van der Waals surface area (Å²) in [6.07, 6.45) is 10.9. The van der Waals surface area contributed by atoms with Gasteiger partial charge in [0.05, 0.1) is 29.8 Å². The lowest BCUT2D eigenvalue weighted by molar-refractivity contribution is 1.15. The molecule has 4 nitrogen and oxygen atoms in total. The monoisotopic (exact) mass is 248 g/mol. The first-order valence-electron chi connectivity index (χ1n) is 5.95. The van der Waals surface area contributed by atoms with E-state index in [1.807, 2.05) is 53.2 Å². The van der Waals surface area contributed by atoms with Gasteiger partial charge in [-0.2, -0.15) is 0 Å². The third-order valence-electron chi connectivity index (χ3n) is 2.73. The van der Waals surface area contributed by atoms with Gasteiger partial charge in [-0.1, -0.05) is 12.1 Å². The fourth-order valence-corrected chi connectivity index (χ4v) is 1.78. The maximum Gasteiger partial charge on any atom is 0.0991 e. The molecule has 0 radical (unpaired) electrons. The molecule has 0 amide bonds. The maximum atomic E-state index is 4.12. The van der Waals surface area contributed by atoms with E-state index in [2.05, 4.69) is 15.0 Å². The van der Waals surface area contributed by atoms with Gasteiger partial charge in [0.25, 0.3) is 0 Å². The normalized spacial score (nSPS) is 10.1. The van der Waals surface area contributed by atoms with E-state index in [0.717, 1.165) is 16.4 Å². The fraction of sp³-hybridized carbons (Fsp3) is 0. The van der Waals surface area contributed by atoms with Gasteiger partial charge in [0.15, 0.2) is 0 Å². The Kier molecular flexibility index (Phi) is 3.14. The molecular formula is C15H12N4. The van der Waals surface area contributed by atoms with Crippen LogP contribution in [0.5, 0.6) is 0 Å².